The first kappa shape index (κ1) is 31.9. The molecule has 13 nitrogen and oxygen atoms in total. The molecule has 0 unspecified atom stereocenters. The summed E-state index contributed by atoms with van der Waals surface area (Å²) in [4.78, 5) is 55.1. The maximum absolute atomic E-state index is 12.2. The van der Waals surface area contributed by atoms with E-state index in [-0.39, 0.29) is 35.1 Å². The third-order valence-electron chi connectivity index (χ3n) is 4.41. The number of esters is 1. The lowest BCUT2D eigenvalue weighted by atomic mass is 10.1. The molecule has 0 aliphatic rings. The molecule has 1 atom stereocenters. The van der Waals surface area contributed by atoms with Crippen molar-refractivity contribution in [3.05, 3.63) is 59.1 Å². The van der Waals surface area contributed by atoms with Crippen LogP contribution in [0.2, 0.25) is 0 Å². The van der Waals surface area contributed by atoms with Crippen molar-refractivity contribution in [3.8, 4) is 5.75 Å². The molecular formula is C23H22F3N3O10. The number of hydrogen-bond acceptors (Lipinski definition) is 8. The van der Waals surface area contributed by atoms with Crippen molar-refractivity contribution in [2.75, 3.05) is 0 Å². The Labute approximate surface area is 217 Å². The van der Waals surface area contributed by atoms with Gasteiger partial charge in [-0.25, -0.2) is 14.4 Å². The van der Waals surface area contributed by atoms with Crippen molar-refractivity contribution in [3.63, 3.8) is 0 Å². The zero-order chi connectivity index (χ0) is 29.9. The quantitative estimate of drug-likeness (QED) is 0.0815. The minimum absolute atomic E-state index is 0.0839. The number of carboxylic acid groups (broad SMARTS) is 3. The number of aliphatic carboxylic acids is 3. The van der Waals surface area contributed by atoms with Gasteiger partial charge in [-0.1, -0.05) is 0 Å². The second-order valence-electron chi connectivity index (χ2n) is 7.46. The van der Waals surface area contributed by atoms with Gasteiger partial charge < -0.3 is 35.5 Å². The van der Waals surface area contributed by atoms with E-state index in [4.69, 9.17) is 40.4 Å². The second-order valence-corrected chi connectivity index (χ2v) is 7.46. The summed E-state index contributed by atoms with van der Waals surface area (Å²) in [6.45, 7) is 1.41. The molecule has 1 amide bonds. The van der Waals surface area contributed by atoms with Crippen molar-refractivity contribution >= 4 is 41.7 Å². The van der Waals surface area contributed by atoms with Gasteiger partial charge in [0.1, 0.15) is 23.4 Å². The molecule has 2 rings (SSSR count). The van der Waals surface area contributed by atoms with Crippen molar-refractivity contribution in [1.82, 2.24) is 5.32 Å². The minimum Gasteiger partial charge on any atom is -0.481 e. The summed E-state index contributed by atoms with van der Waals surface area (Å²) in [5.41, 5.74) is 5.92. The number of carboxylic acids is 3. The SMILES string of the molecule is C/C(=C\c1ccc(C(=O)Oc2ccc(C(=N)N)cc2)o1)C(=O)N[C@@H](CCC(=O)O)C(=O)O.O=C(O)C(F)(F)F. The maximum Gasteiger partial charge on any atom is 0.490 e. The van der Waals surface area contributed by atoms with E-state index in [1.165, 1.54) is 49.4 Å². The Hall–Kier alpha value is -5.15. The zero-order valence-electron chi connectivity index (χ0n) is 19.9. The third-order valence-corrected chi connectivity index (χ3v) is 4.41. The molecule has 0 radical (unpaired) electrons. The van der Waals surface area contributed by atoms with Crippen molar-refractivity contribution in [1.29, 1.82) is 5.41 Å². The first-order valence-corrected chi connectivity index (χ1v) is 10.5. The molecule has 0 aliphatic carbocycles. The predicted molar refractivity (Wildman–Crippen MR) is 125 cm³/mol. The van der Waals surface area contributed by atoms with Crippen LogP contribution in [0.25, 0.3) is 6.08 Å². The predicted octanol–water partition coefficient (Wildman–Crippen LogP) is 2.25. The van der Waals surface area contributed by atoms with E-state index in [2.05, 4.69) is 5.32 Å². The Balaban J connectivity index is 0.000000956. The van der Waals surface area contributed by atoms with Gasteiger partial charge in [0.15, 0.2) is 0 Å². The van der Waals surface area contributed by atoms with Crippen molar-refractivity contribution < 1.29 is 61.6 Å². The fourth-order valence-corrected chi connectivity index (χ4v) is 2.48. The van der Waals surface area contributed by atoms with Crippen LogP contribution in [-0.4, -0.2) is 63.2 Å². The van der Waals surface area contributed by atoms with Crippen LogP contribution < -0.4 is 15.8 Å². The molecule has 0 fully saturated rings. The Morgan fingerprint density at radius 2 is 1.64 bits per heavy atom. The molecule has 0 saturated carbocycles. The molecule has 0 bridgehead atoms. The number of ether oxygens (including phenoxy) is 1. The average Bonchev–Trinajstić information content (AvgIpc) is 3.30. The van der Waals surface area contributed by atoms with Crippen LogP contribution in [0, 0.1) is 5.41 Å². The highest BCUT2D eigenvalue weighted by Crippen LogP contribution is 2.17. The Morgan fingerprint density at radius 3 is 2.10 bits per heavy atom. The van der Waals surface area contributed by atoms with E-state index < -0.39 is 48.4 Å². The molecule has 1 heterocycles. The lowest BCUT2D eigenvalue weighted by Crippen LogP contribution is -2.41. The fraction of sp³-hybridized carbons (Fsp3) is 0.217. The van der Waals surface area contributed by atoms with Gasteiger partial charge in [-0.3, -0.25) is 15.0 Å². The highest BCUT2D eigenvalue weighted by Gasteiger charge is 2.38. The van der Waals surface area contributed by atoms with Gasteiger partial charge in [0.25, 0.3) is 0 Å². The Kier molecular flexibility index (Phi) is 11.4. The molecule has 0 aliphatic heterocycles. The highest BCUT2D eigenvalue weighted by atomic mass is 19.4. The zero-order valence-corrected chi connectivity index (χ0v) is 19.9. The standard InChI is InChI=1S/C21H21N3O8.C2HF3O2/c1-11(19(27)24-15(20(28)29)7-9-17(25)26)10-14-6-8-16(31-14)21(30)32-13-4-2-12(3-5-13)18(22)23;3-2(4,5)1(6)7/h2-6,8,10,15H,7,9H2,1H3,(H3,22,23)(H,24,27)(H,25,26)(H,28,29);(H,6,7)/b11-10+;/t15-;/m0./s1. The lowest BCUT2D eigenvalue weighted by Gasteiger charge is -2.13. The first-order chi connectivity index (χ1) is 18.0. The normalized spacial score (nSPS) is 11.8. The molecule has 2 aromatic rings. The van der Waals surface area contributed by atoms with E-state index in [1.807, 2.05) is 0 Å². The van der Waals surface area contributed by atoms with Gasteiger partial charge in [0.2, 0.25) is 11.7 Å². The summed E-state index contributed by atoms with van der Waals surface area (Å²) < 4.78 is 42.3. The van der Waals surface area contributed by atoms with Gasteiger partial charge >= 0.3 is 30.1 Å². The van der Waals surface area contributed by atoms with Crippen molar-refractivity contribution in [2.45, 2.75) is 32.0 Å². The average molecular weight is 557 g/mol. The first-order valence-electron chi connectivity index (χ1n) is 10.5. The lowest BCUT2D eigenvalue weighted by molar-refractivity contribution is -0.192. The number of furan rings is 1. The molecule has 7 N–H and O–H groups in total. The number of benzene rings is 1. The summed E-state index contributed by atoms with van der Waals surface area (Å²) in [5, 5.41) is 34.5. The second kappa shape index (κ2) is 14.0. The number of hydrogen-bond donors (Lipinski definition) is 6. The Bertz CT molecular complexity index is 1270. The number of nitrogens with one attached hydrogen (secondary N) is 2. The van der Waals surface area contributed by atoms with Crippen LogP contribution in [0.3, 0.4) is 0 Å². The molecule has 1 aromatic carbocycles. The van der Waals surface area contributed by atoms with Gasteiger partial charge in [-0.15, -0.1) is 0 Å². The minimum atomic E-state index is -5.08. The van der Waals surface area contributed by atoms with Gasteiger partial charge in [0.05, 0.1) is 0 Å². The monoisotopic (exact) mass is 557 g/mol. The number of nitrogen functional groups attached to an aromatic ring is 1. The smallest absolute Gasteiger partial charge is 0.481 e. The van der Waals surface area contributed by atoms with E-state index in [9.17, 15) is 32.3 Å². The van der Waals surface area contributed by atoms with Crippen LogP contribution in [0.1, 0.15) is 41.6 Å². The summed E-state index contributed by atoms with van der Waals surface area (Å²) >= 11 is 0. The van der Waals surface area contributed by atoms with Gasteiger partial charge in [-0.2, -0.15) is 13.2 Å². The highest BCUT2D eigenvalue weighted by molar-refractivity contribution is 5.99. The largest absolute Gasteiger partial charge is 0.490 e. The van der Waals surface area contributed by atoms with E-state index in [0.29, 0.717) is 5.56 Å². The van der Waals surface area contributed by atoms with Crippen LogP contribution in [0.4, 0.5) is 13.2 Å². The molecule has 0 spiro atoms. The van der Waals surface area contributed by atoms with Crippen LogP contribution >= 0.6 is 0 Å². The number of amides is 1. The molecule has 1 aromatic heterocycles. The van der Waals surface area contributed by atoms with E-state index in [0.717, 1.165) is 0 Å². The summed E-state index contributed by atoms with van der Waals surface area (Å²) in [7, 11) is 0. The molecule has 0 saturated heterocycles. The molecule has 39 heavy (non-hydrogen) atoms. The van der Waals surface area contributed by atoms with E-state index in [1.54, 1.807) is 0 Å². The molecular weight excluding hydrogens is 535 g/mol. The fourth-order valence-electron chi connectivity index (χ4n) is 2.48. The number of halogens is 3. The van der Waals surface area contributed by atoms with Crippen LogP contribution in [-0.2, 0) is 19.2 Å². The number of amidine groups is 1. The van der Waals surface area contributed by atoms with Gasteiger partial charge in [-0.05, 0) is 55.8 Å². The number of carbonyl (C=O) groups excluding carboxylic acids is 2. The number of rotatable bonds is 10. The summed E-state index contributed by atoms with van der Waals surface area (Å²) in [6.07, 6.45) is -4.47. The van der Waals surface area contributed by atoms with Crippen LogP contribution in [0.5, 0.6) is 5.75 Å². The van der Waals surface area contributed by atoms with Crippen LogP contribution in [0.15, 0.2) is 46.4 Å². The maximum atomic E-state index is 12.2. The number of nitrogens with two attached hydrogens (primary N) is 1. The summed E-state index contributed by atoms with van der Waals surface area (Å²) in [5.74, 6) is -6.71. The van der Waals surface area contributed by atoms with Gasteiger partial charge in [0, 0.05) is 17.6 Å². The summed E-state index contributed by atoms with van der Waals surface area (Å²) in [6, 6.07) is 7.38. The number of carbonyl (C=O) groups is 5. The third kappa shape index (κ3) is 11.2. The Morgan fingerprint density at radius 1 is 1.08 bits per heavy atom. The molecule has 210 valence electrons. The topological polar surface area (TPSA) is 230 Å². The number of alkyl halides is 3. The van der Waals surface area contributed by atoms with Crippen molar-refractivity contribution in [2.24, 2.45) is 5.73 Å². The van der Waals surface area contributed by atoms with E-state index >= 15 is 0 Å². The molecule has 16 heteroatoms.